The number of anilines is 1. The van der Waals surface area contributed by atoms with Gasteiger partial charge in [-0.15, -0.1) is 0 Å². The molecule has 7 heteroatoms. The second-order valence-electron chi connectivity index (χ2n) is 4.75. The molecule has 0 fully saturated rings. The summed E-state index contributed by atoms with van der Waals surface area (Å²) in [6, 6.07) is 6.79. The lowest BCUT2D eigenvalue weighted by molar-refractivity contribution is -0.137. The van der Waals surface area contributed by atoms with E-state index in [1.54, 1.807) is 19.1 Å². The molecule has 0 aliphatic rings. The largest absolute Gasteiger partial charge is 0.466 e. The lowest BCUT2D eigenvalue weighted by Gasteiger charge is -2.11. The molecule has 0 bridgehead atoms. The Morgan fingerprint density at radius 2 is 2.00 bits per heavy atom. The number of halogens is 4. The Morgan fingerprint density at radius 3 is 2.59 bits per heavy atom. The first kappa shape index (κ1) is 16.4. The SMILES string of the molecule is Cc1ccc(CCC(=O)Nc2ccc(Cl)c(C(F)(F)F)c2)o1. The molecule has 1 aromatic heterocycles. The van der Waals surface area contributed by atoms with Gasteiger partial charge in [-0.25, -0.2) is 0 Å². The highest BCUT2D eigenvalue weighted by Gasteiger charge is 2.33. The number of nitrogens with one attached hydrogen (secondary N) is 1. The highest BCUT2D eigenvalue weighted by atomic mass is 35.5. The zero-order valence-electron chi connectivity index (χ0n) is 11.6. The molecule has 0 aliphatic heterocycles. The van der Waals surface area contributed by atoms with Crippen molar-refractivity contribution in [2.75, 3.05) is 5.32 Å². The number of amides is 1. The lowest BCUT2D eigenvalue weighted by atomic mass is 10.2. The summed E-state index contributed by atoms with van der Waals surface area (Å²) in [6.07, 6.45) is -4.08. The molecular weight excluding hydrogens is 319 g/mol. The quantitative estimate of drug-likeness (QED) is 0.871. The molecule has 2 rings (SSSR count). The van der Waals surface area contributed by atoms with E-state index in [0.29, 0.717) is 12.2 Å². The minimum absolute atomic E-state index is 0.0531. The van der Waals surface area contributed by atoms with Gasteiger partial charge in [0, 0.05) is 18.5 Å². The standard InChI is InChI=1S/C15H13ClF3NO2/c1-9-2-4-11(22-9)5-7-14(21)20-10-3-6-13(16)12(8-10)15(17,18)19/h2-4,6,8H,5,7H2,1H3,(H,20,21). The second kappa shape index (κ2) is 6.44. The molecule has 1 amide bonds. The summed E-state index contributed by atoms with van der Waals surface area (Å²) < 4.78 is 43.5. The molecule has 22 heavy (non-hydrogen) atoms. The molecular formula is C15H13ClF3NO2. The first-order valence-electron chi connectivity index (χ1n) is 6.47. The number of furan rings is 1. The van der Waals surface area contributed by atoms with Crippen LogP contribution in [-0.2, 0) is 17.4 Å². The van der Waals surface area contributed by atoms with Crippen LogP contribution in [0.2, 0.25) is 5.02 Å². The maximum absolute atomic E-state index is 12.7. The van der Waals surface area contributed by atoms with Crippen LogP contribution >= 0.6 is 11.6 Å². The van der Waals surface area contributed by atoms with Crippen LogP contribution in [0.25, 0.3) is 0 Å². The normalized spacial score (nSPS) is 11.5. The third-order valence-corrected chi connectivity index (χ3v) is 3.28. The van der Waals surface area contributed by atoms with Crippen molar-refractivity contribution in [3.05, 3.63) is 52.4 Å². The molecule has 0 radical (unpaired) electrons. The summed E-state index contributed by atoms with van der Waals surface area (Å²) in [7, 11) is 0. The number of hydrogen-bond donors (Lipinski definition) is 1. The van der Waals surface area contributed by atoms with Crippen molar-refractivity contribution < 1.29 is 22.4 Å². The van der Waals surface area contributed by atoms with Crippen LogP contribution in [0.4, 0.5) is 18.9 Å². The van der Waals surface area contributed by atoms with E-state index in [1.165, 1.54) is 6.07 Å². The van der Waals surface area contributed by atoms with Crippen molar-refractivity contribution in [1.29, 1.82) is 0 Å². The molecule has 118 valence electrons. The highest BCUT2D eigenvalue weighted by Crippen LogP contribution is 2.36. The molecule has 1 N–H and O–H groups in total. The first-order valence-corrected chi connectivity index (χ1v) is 6.85. The van der Waals surface area contributed by atoms with E-state index in [9.17, 15) is 18.0 Å². The Hall–Kier alpha value is -1.95. The molecule has 1 heterocycles. The maximum atomic E-state index is 12.7. The van der Waals surface area contributed by atoms with Crippen molar-refractivity contribution >= 4 is 23.2 Å². The smallest absolute Gasteiger partial charge is 0.417 e. The fourth-order valence-corrected chi connectivity index (χ4v) is 2.12. The van der Waals surface area contributed by atoms with E-state index in [4.69, 9.17) is 16.0 Å². The van der Waals surface area contributed by atoms with Gasteiger partial charge in [0.25, 0.3) is 0 Å². The molecule has 0 unspecified atom stereocenters. The molecule has 0 atom stereocenters. The number of aryl methyl sites for hydroxylation is 2. The van der Waals surface area contributed by atoms with Gasteiger partial charge in [-0.05, 0) is 37.3 Å². The van der Waals surface area contributed by atoms with Crippen molar-refractivity contribution in [2.24, 2.45) is 0 Å². The highest BCUT2D eigenvalue weighted by molar-refractivity contribution is 6.31. The van der Waals surface area contributed by atoms with E-state index in [-0.39, 0.29) is 12.1 Å². The molecule has 0 aliphatic carbocycles. The fraction of sp³-hybridized carbons (Fsp3) is 0.267. The average molecular weight is 332 g/mol. The predicted molar refractivity (Wildman–Crippen MR) is 76.8 cm³/mol. The summed E-state index contributed by atoms with van der Waals surface area (Å²) in [5, 5.41) is 2.01. The Bertz CT molecular complexity index is 680. The van der Waals surface area contributed by atoms with Gasteiger partial charge in [0.15, 0.2) is 0 Å². The topological polar surface area (TPSA) is 42.2 Å². The van der Waals surface area contributed by atoms with Crippen molar-refractivity contribution in [3.63, 3.8) is 0 Å². The Kier molecular flexibility index (Phi) is 4.81. The number of hydrogen-bond acceptors (Lipinski definition) is 2. The molecule has 0 spiro atoms. The number of carbonyl (C=O) groups excluding carboxylic acids is 1. The van der Waals surface area contributed by atoms with Crippen LogP contribution in [0.15, 0.2) is 34.7 Å². The minimum Gasteiger partial charge on any atom is -0.466 e. The summed E-state index contributed by atoms with van der Waals surface area (Å²) in [6.45, 7) is 1.79. The van der Waals surface area contributed by atoms with Crippen molar-refractivity contribution in [1.82, 2.24) is 0 Å². The van der Waals surface area contributed by atoms with E-state index < -0.39 is 22.7 Å². The molecule has 3 nitrogen and oxygen atoms in total. The van der Waals surface area contributed by atoms with Crippen LogP contribution in [0.5, 0.6) is 0 Å². The second-order valence-corrected chi connectivity index (χ2v) is 5.16. The first-order chi connectivity index (χ1) is 10.3. The molecule has 0 saturated carbocycles. The van der Waals surface area contributed by atoms with Crippen LogP contribution in [0.3, 0.4) is 0 Å². The minimum atomic E-state index is -4.57. The zero-order chi connectivity index (χ0) is 16.3. The summed E-state index contributed by atoms with van der Waals surface area (Å²) in [4.78, 5) is 11.8. The van der Waals surface area contributed by atoms with Crippen LogP contribution < -0.4 is 5.32 Å². The van der Waals surface area contributed by atoms with Gasteiger partial charge in [-0.1, -0.05) is 11.6 Å². The Morgan fingerprint density at radius 1 is 1.27 bits per heavy atom. The molecule has 0 saturated heterocycles. The van der Waals surface area contributed by atoms with E-state index >= 15 is 0 Å². The fourth-order valence-electron chi connectivity index (χ4n) is 1.90. The lowest BCUT2D eigenvalue weighted by Crippen LogP contribution is -2.13. The van der Waals surface area contributed by atoms with Crippen molar-refractivity contribution in [3.8, 4) is 0 Å². The third kappa shape index (κ3) is 4.27. The Balaban J connectivity index is 1.99. The summed E-state index contributed by atoms with van der Waals surface area (Å²) in [5.41, 5.74) is -0.925. The van der Waals surface area contributed by atoms with Gasteiger partial charge in [0.1, 0.15) is 11.5 Å². The van der Waals surface area contributed by atoms with Gasteiger partial charge in [0.2, 0.25) is 5.91 Å². The van der Waals surface area contributed by atoms with E-state index in [2.05, 4.69) is 5.32 Å². The summed E-state index contributed by atoms with van der Waals surface area (Å²) in [5.74, 6) is 0.993. The van der Waals surface area contributed by atoms with Gasteiger partial charge < -0.3 is 9.73 Å². The van der Waals surface area contributed by atoms with Gasteiger partial charge in [-0.2, -0.15) is 13.2 Å². The summed E-state index contributed by atoms with van der Waals surface area (Å²) >= 11 is 5.52. The third-order valence-electron chi connectivity index (χ3n) is 2.95. The maximum Gasteiger partial charge on any atom is 0.417 e. The number of rotatable bonds is 4. The van der Waals surface area contributed by atoms with Gasteiger partial charge in [-0.3, -0.25) is 4.79 Å². The molecule has 1 aromatic carbocycles. The van der Waals surface area contributed by atoms with Crippen LogP contribution in [-0.4, -0.2) is 5.91 Å². The van der Waals surface area contributed by atoms with Gasteiger partial charge in [0.05, 0.1) is 10.6 Å². The number of carbonyl (C=O) groups is 1. The number of alkyl halides is 3. The van der Waals surface area contributed by atoms with E-state index in [1.807, 2.05) is 0 Å². The van der Waals surface area contributed by atoms with Crippen molar-refractivity contribution in [2.45, 2.75) is 25.9 Å². The zero-order valence-corrected chi connectivity index (χ0v) is 12.4. The van der Waals surface area contributed by atoms with Crippen LogP contribution in [0, 0.1) is 6.92 Å². The molecule has 2 aromatic rings. The average Bonchev–Trinajstić information content (AvgIpc) is 2.83. The Labute approximate surface area is 130 Å². The monoisotopic (exact) mass is 331 g/mol. The van der Waals surface area contributed by atoms with Crippen LogP contribution in [0.1, 0.15) is 23.5 Å². The van der Waals surface area contributed by atoms with Gasteiger partial charge >= 0.3 is 6.18 Å². The number of benzene rings is 1. The van der Waals surface area contributed by atoms with E-state index in [0.717, 1.165) is 17.9 Å². The predicted octanol–water partition coefficient (Wildman–Crippen LogP) is 4.83.